The summed E-state index contributed by atoms with van der Waals surface area (Å²) in [6, 6.07) is 5.62. The molecule has 0 aliphatic carbocycles. The van der Waals surface area contributed by atoms with Crippen molar-refractivity contribution in [3.63, 3.8) is 0 Å². The number of halogens is 4. The summed E-state index contributed by atoms with van der Waals surface area (Å²) in [7, 11) is 0. The molecule has 0 bridgehead atoms. The largest absolute Gasteiger partial charge is 0.458 e. The van der Waals surface area contributed by atoms with Gasteiger partial charge in [0.15, 0.2) is 5.82 Å². The Morgan fingerprint density at radius 2 is 1.78 bits per heavy atom. The van der Waals surface area contributed by atoms with E-state index in [4.69, 9.17) is 4.74 Å². The Hall–Kier alpha value is -3.63. The van der Waals surface area contributed by atoms with Gasteiger partial charge in [0.1, 0.15) is 11.9 Å². The Balaban J connectivity index is 1.51. The molecule has 166 valence electrons. The van der Waals surface area contributed by atoms with E-state index in [0.29, 0.717) is 31.8 Å². The van der Waals surface area contributed by atoms with Gasteiger partial charge in [-0.15, -0.1) is 0 Å². The topological polar surface area (TPSA) is 81.1 Å². The highest BCUT2D eigenvalue weighted by Gasteiger charge is 2.32. The van der Waals surface area contributed by atoms with Crippen molar-refractivity contribution in [3.8, 4) is 17.4 Å². The van der Waals surface area contributed by atoms with E-state index < -0.39 is 29.6 Å². The van der Waals surface area contributed by atoms with Crippen molar-refractivity contribution in [1.82, 2.24) is 24.8 Å². The molecule has 1 fully saturated rings. The van der Waals surface area contributed by atoms with E-state index in [1.54, 1.807) is 12.1 Å². The normalized spacial score (nSPS) is 16.6. The van der Waals surface area contributed by atoms with Gasteiger partial charge in [0.2, 0.25) is 0 Å². The summed E-state index contributed by atoms with van der Waals surface area (Å²) in [5, 5.41) is 0. The number of hydrogen-bond acceptors (Lipinski definition) is 6. The van der Waals surface area contributed by atoms with Crippen LogP contribution in [0.15, 0.2) is 49.1 Å². The molecule has 1 atom stereocenters. The first kappa shape index (κ1) is 21.6. The third-order valence-electron chi connectivity index (χ3n) is 4.93. The number of likely N-dealkylation sites (tertiary alicyclic amines) is 1. The number of hydrogen-bond donors (Lipinski definition) is 0. The van der Waals surface area contributed by atoms with Gasteiger partial charge in [-0.3, -0.25) is 4.79 Å². The Morgan fingerprint density at radius 3 is 2.47 bits per heavy atom. The molecule has 0 spiro atoms. The van der Waals surface area contributed by atoms with Crippen molar-refractivity contribution >= 4 is 5.91 Å². The van der Waals surface area contributed by atoms with Crippen molar-refractivity contribution in [2.75, 3.05) is 13.1 Å². The molecule has 7 nitrogen and oxygen atoms in total. The minimum absolute atomic E-state index is 0.104. The van der Waals surface area contributed by atoms with Crippen LogP contribution in [0.1, 0.15) is 28.8 Å². The average molecular weight is 447 g/mol. The zero-order valence-corrected chi connectivity index (χ0v) is 16.6. The second-order valence-electron chi connectivity index (χ2n) is 7.12. The molecule has 2 aromatic heterocycles. The first-order valence-electron chi connectivity index (χ1n) is 9.74. The minimum atomic E-state index is -4.55. The van der Waals surface area contributed by atoms with E-state index in [1.807, 2.05) is 0 Å². The van der Waals surface area contributed by atoms with Crippen LogP contribution >= 0.6 is 0 Å². The third kappa shape index (κ3) is 4.66. The van der Waals surface area contributed by atoms with Gasteiger partial charge in [-0.1, -0.05) is 12.1 Å². The predicted octanol–water partition coefficient (Wildman–Crippen LogP) is 3.78. The van der Waals surface area contributed by atoms with Crippen LogP contribution in [0.3, 0.4) is 0 Å². The number of rotatable bonds is 4. The average Bonchev–Trinajstić information content (AvgIpc) is 2.79. The van der Waals surface area contributed by atoms with Crippen molar-refractivity contribution in [2.45, 2.75) is 25.1 Å². The van der Waals surface area contributed by atoms with Crippen LogP contribution in [0, 0.1) is 5.82 Å². The quantitative estimate of drug-likeness (QED) is 0.567. The monoisotopic (exact) mass is 447 g/mol. The summed E-state index contributed by atoms with van der Waals surface area (Å²) < 4.78 is 58.2. The summed E-state index contributed by atoms with van der Waals surface area (Å²) in [4.78, 5) is 30.0. The Morgan fingerprint density at radius 1 is 1.06 bits per heavy atom. The predicted molar refractivity (Wildman–Crippen MR) is 104 cm³/mol. The van der Waals surface area contributed by atoms with E-state index >= 15 is 0 Å². The summed E-state index contributed by atoms with van der Waals surface area (Å²) in [5.41, 5.74) is -0.865. The molecule has 0 N–H and O–H groups in total. The van der Waals surface area contributed by atoms with E-state index in [1.165, 1.54) is 29.4 Å². The molecule has 1 saturated heterocycles. The molecule has 32 heavy (non-hydrogen) atoms. The zero-order chi connectivity index (χ0) is 22.7. The second-order valence-corrected chi connectivity index (χ2v) is 7.12. The van der Waals surface area contributed by atoms with Crippen LogP contribution in [0.2, 0.25) is 0 Å². The molecule has 0 unspecified atom stereocenters. The van der Waals surface area contributed by atoms with E-state index in [0.717, 1.165) is 0 Å². The van der Waals surface area contributed by atoms with Crippen molar-refractivity contribution in [3.05, 3.63) is 66.0 Å². The first-order valence-corrected chi connectivity index (χ1v) is 9.74. The molecular weight excluding hydrogens is 430 g/mol. The zero-order valence-electron chi connectivity index (χ0n) is 16.6. The first-order chi connectivity index (χ1) is 15.3. The molecule has 0 saturated carbocycles. The fourth-order valence-corrected chi connectivity index (χ4v) is 3.42. The van der Waals surface area contributed by atoms with Gasteiger partial charge in [-0.2, -0.15) is 13.2 Å². The van der Waals surface area contributed by atoms with Crippen molar-refractivity contribution in [2.24, 2.45) is 0 Å². The lowest BCUT2D eigenvalue weighted by atomic mass is 10.0. The highest BCUT2D eigenvalue weighted by atomic mass is 19.4. The smallest absolute Gasteiger partial charge is 0.419 e. The SMILES string of the molecule is O=C(c1c(F)cccc1-c1ncccn1)N1CCC[C@@H](Oc2ncc(C(F)(F)F)cn2)C1. The molecule has 1 aliphatic heterocycles. The highest BCUT2D eigenvalue weighted by Crippen LogP contribution is 2.29. The number of ether oxygens (including phenoxy) is 1. The lowest BCUT2D eigenvalue weighted by molar-refractivity contribution is -0.138. The van der Waals surface area contributed by atoms with E-state index in [2.05, 4.69) is 19.9 Å². The number of piperidine rings is 1. The van der Waals surface area contributed by atoms with Crippen LogP contribution in [-0.4, -0.2) is 49.9 Å². The Kier molecular flexibility index (Phi) is 5.97. The lowest BCUT2D eigenvalue weighted by Crippen LogP contribution is -2.45. The van der Waals surface area contributed by atoms with Crippen LogP contribution in [-0.2, 0) is 6.18 Å². The van der Waals surface area contributed by atoms with Gasteiger partial charge < -0.3 is 9.64 Å². The number of carbonyl (C=O) groups excluding carboxylic acids is 1. The van der Waals surface area contributed by atoms with Gasteiger partial charge in [0.05, 0.1) is 17.7 Å². The fourth-order valence-electron chi connectivity index (χ4n) is 3.42. The number of amides is 1. The standard InChI is InChI=1S/C21H17F4N5O2/c22-16-6-1-5-15(18-26-7-3-8-27-18)17(16)19(31)30-9-2-4-14(12-30)32-20-28-10-13(11-29-20)21(23,24)25/h1,3,5-8,10-11,14H,2,4,9,12H2/t14-/m1/s1. The molecule has 1 amide bonds. The Labute approximate surface area is 180 Å². The number of carbonyl (C=O) groups is 1. The second kappa shape index (κ2) is 8.85. The van der Waals surface area contributed by atoms with Gasteiger partial charge in [-0.25, -0.2) is 24.3 Å². The van der Waals surface area contributed by atoms with E-state index in [9.17, 15) is 22.4 Å². The lowest BCUT2D eigenvalue weighted by Gasteiger charge is -2.32. The van der Waals surface area contributed by atoms with Crippen LogP contribution in [0.5, 0.6) is 6.01 Å². The number of nitrogens with zero attached hydrogens (tertiary/aromatic N) is 5. The number of benzene rings is 1. The van der Waals surface area contributed by atoms with Crippen LogP contribution < -0.4 is 4.74 Å². The molecule has 1 aromatic carbocycles. The summed E-state index contributed by atoms with van der Waals surface area (Å²) in [6.07, 6.45) is 0.272. The molecule has 3 aromatic rings. The maximum Gasteiger partial charge on any atom is 0.419 e. The van der Waals surface area contributed by atoms with E-state index in [-0.39, 0.29) is 29.5 Å². The molecule has 4 rings (SSSR count). The highest BCUT2D eigenvalue weighted by molar-refractivity contribution is 6.00. The minimum Gasteiger partial charge on any atom is -0.458 e. The van der Waals surface area contributed by atoms with Gasteiger partial charge in [0, 0.05) is 36.9 Å². The van der Waals surface area contributed by atoms with Gasteiger partial charge >= 0.3 is 12.2 Å². The van der Waals surface area contributed by atoms with Crippen molar-refractivity contribution in [1.29, 1.82) is 0 Å². The fraction of sp³-hybridized carbons (Fsp3) is 0.286. The summed E-state index contributed by atoms with van der Waals surface area (Å²) in [6.45, 7) is 0.475. The Bertz CT molecular complexity index is 1090. The molecule has 1 aliphatic rings. The maximum absolute atomic E-state index is 14.7. The summed E-state index contributed by atoms with van der Waals surface area (Å²) >= 11 is 0. The number of aromatic nitrogens is 4. The maximum atomic E-state index is 14.7. The molecule has 3 heterocycles. The number of alkyl halides is 3. The van der Waals surface area contributed by atoms with Crippen LogP contribution in [0.4, 0.5) is 17.6 Å². The summed E-state index contributed by atoms with van der Waals surface area (Å²) in [5.74, 6) is -1.03. The molecule has 0 radical (unpaired) electrons. The van der Waals surface area contributed by atoms with Gasteiger partial charge in [-0.05, 0) is 25.0 Å². The van der Waals surface area contributed by atoms with Crippen molar-refractivity contribution < 1.29 is 27.1 Å². The van der Waals surface area contributed by atoms with Crippen LogP contribution in [0.25, 0.3) is 11.4 Å². The molecular formula is C21H17F4N5O2. The van der Waals surface area contributed by atoms with Gasteiger partial charge in [0.25, 0.3) is 5.91 Å². The third-order valence-corrected chi connectivity index (χ3v) is 4.93. The molecule has 11 heteroatoms.